The molecule has 0 bridgehead atoms. The molecule has 0 radical (unpaired) electrons. The lowest BCUT2D eigenvalue weighted by molar-refractivity contribution is 0.192. The lowest BCUT2D eigenvalue weighted by atomic mass is 10.1. The van der Waals surface area contributed by atoms with Crippen molar-refractivity contribution in [2.75, 3.05) is 0 Å². The fourth-order valence-corrected chi connectivity index (χ4v) is 2.23. The zero-order chi connectivity index (χ0) is 13.4. The maximum Gasteiger partial charge on any atom is 0.138 e. The van der Waals surface area contributed by atoms with Gasteiger partial charge in [-0.3, -0.25) is 0 Å². The van der Waals surface area contributed by atoms with E-state index in [1.54, 1.807) is 0 Å². The molecule has 0 saturated carbocycles. The Morgan fingerprint density at radius 1 is 0.895 bits per heavy atom. The summed E-state index contributed by atoms with van der Waals surface area (Å²) in [6.07, 6.45) is -0.715. The van der Waals surface area contributed by atoms with Crippen molar-refractivity contribution in [2.24, 2.45) is 0 Å². The van der Waals surface area contributed by atoms with Crippen LogP contribution < -0.4 is 0 Å². The minimum absolute atomic E-state index is 0.587. The SMILES string of the molecule is Cc1ccc(C(O)c2cc3cc(C)ccc3o2)cc1. The number of furan rings is 1. The van der Waals surface area contributed by atoms with Gasteiger partial charge in [-0.25, -0.2) is 0 Å². The molecule has 2 aromatic carbocycles. The van der Waals surface area contributed by atoms with E-state index in [1.807, 2.05) is 56.3 Å². The largest absolute Gasteiger partial charge is 0.458 e. The summed E-state index contributed by atoms with van der Waals surface area (Å²) in [7, 11) is 0. The fraction of sp³-hybridized carbons (Fsp3) is 0.176. The maximum absolute atomic E-state index is 10.4. The van der Waals surface area contributed by atoms with Gasteiger partial charge >= 0.3 is 0 Å². The summed E-state index contributed by atoms with van der Waals surface area (Å²) in [6.45, 7) is 4.07. The number of benzene rings is 2. The predicted octanol–water partition coefficient (Wildman–Crippen LogP) is 4.13. The molecular formula is C17H16O2. The molecule has 0 aliphatic rings. The Balaban J connectivity index is 2.01. The van der Waals surface area contributed by atoms with Crippen LogP contribution in [0.5, 0.6) is 0 Å². The van der Waals surface area contributed by atoms with Crippen molar-refractivity contribution in [1.29, 1.82) is 0 Å². The third-order valence-electron chi connectivity index (χ3n) is 3.35. The first-order valence-electron chi connectivity index (χ1n) is 6.38. The van der Waals surface area contributed by atoms with E-state index in [0.29, 0.717) is 5.76 Å². The summed E-state index contributed by atoms with van der Waals surface area (Å²) in [5, 5.41) is 11.4. The third kappa shape index (κ3) is 2.27. The average Bonchev–Trinajstić information content (AvgIpc) is 2.81. The molecule has 2 nitrogen and oxygen atoms in total. The van der Waals surface area contributed by atoms with Crippen molar-refractivity contribution >= 4 is 11.0 Å². The third-order valence-corrected chi connectivity index (χ3v) is 3.35. The van der Waals surface area contributed by atoms with E-state index in [1.165, 1.54) is 11.1 Å². The number of aryl methyl sites for hydroxylation is 2. The number of rotatable bonds is 2. The van der Waals surface area contributed by atoms with E-state index in [-0.39, 0.29) is 0 Å². The van der Waals surface area contributed by atoms with Crippen LogP contribution in [-0.2, 0) is 0 Å². The van der Waals surface area contributed by atoms with Crippen LogP contribution in [0.2, 0.25) is 0 Å². The molecule has 1 aromatic heterocycles. The molecule has 3 aromatic rings. The van der Waals surface area contributed by atoms with Crippen molar-refractivity contribution in [3.63, 3.8) is 0 Å². The van der Waals surface area contributed by atoms with Gasteiger partial charge in [0, 0.05) is 5.39 Å². The Labute approximate surface area is 112 Å². The molecular weight excluding hydrogens is 236 g/mol. The molecule has 1 atom stereocenters. The maximum atomic E-state index is 10.4. The van der Waals surface area contributed by atoms with Crippen molar-refractivity contribution in [3.05, 3.63) is 71.0 Å². The van der Waals surface area contributed by atoms with E-state index in [4.69, 9.17) is 4.42 Å². The van der Waals surface area contributed by atoms with Crippen LogP contribution in [0, 0.1) is 13.8 Å². The van der Waals surface area contributed by atoms with Gasteiger partial charge in [-0.15, -0.1) is 0 Å². The van der Waals surface area contributed by atoms with Crippen molar-refractivity contribution in [3.8, 4) is 0 Å². The summed E-state index contributed by atoms with van der Waals surface area (Å²) >= 11 is 0. The molecule has 0 aliphatic heterocycles. The Hall–Kier alpha value is -2.06. The molecule has 96 valence electrons. The molecule has 1 unspecified atom stereocenters. The van der Waals surface area contributed by atoms with Crippen LogP contribution in [0.1, 0.15) is 28.6 Å². The van der Waals surface area contributed by atoms with Crippen molar-refractivity contribution in [2.45, 2.75) is 20.0 Å². The van der Waals surface area contributed by atoms with E-state index in [2.05, 4.69) is 6.07 Å². The van der Waals surface area contributed by atoms with E-state index in [9.17, 15) is 5.11 Å². The van der Waals surface area contributed by atoms with Gasteiger partial charge in [0.1, 0.15) is 17.4 Å². The summed E-state index contributed by atoms with van der Waals surface area (Å²) < 4.78 is 5.72. The van der Waals surface area contributed by atoms with Gasteiger partial charge in [-0.2, -0.15) is 0 Å². The van der Waals surface area contributed by atoms with Crippen LogP contribution in [0.15, 0.2) is 52.9 Å². The Morgan fingerprint density at radius 3 is 2.32 bits per heavy atom. The summed E-state index contributed by atoms with van der Waals surface area (Å²) in [4.78, 5) is 0. The normalized spacial score (nSPS) is 12.8. The lowest BCUT2D eigenvalue weighted by Gasteiger charge is -2.07. The highest BCUT2D eigenvalue weighted by Gasteiger charge is 2.15. The molecule has 0 fully saturated rings. The number of fused-ring (bicyclic) bond motifs is 1. The van der Waals surface area contributed by atoms with E-state index < -0.39 is 6.10 Å². The highest BCUT2D eigenvalue weighted by molar-refractivity contribution is 5.78. The second kappa shape index (κ2) is 4.56. The number of hydrogen-bond donors (Lipinski definition) is 1. The Kier molecular flexibility index (Phi) is 2.88. The first-order chi connectivity index (χ1) is 9.13. The molecule has 0 saturated heterocycles. The van der Waals surface area contributed by atoms with Gasteiger partial charge in [0.15, 0.2) is 0 Å². The van der Waals surface area contributed by atoms with Gasteiger partial charge in [-0.05, 0) is 37.6 Å². The summed E-state index contributed by atoms with van der Waals surface area (Å²) in [5.74, 6) is 0.587. The molecule has 0 spiro atoms. The standard InChI is InChI=1S/C17H16O2/c1-11-3-6-13(7-4-11)17(18)16-10-14-9-12(2)5-8-15(14)19-16/h3-10,17-18H,1-2H3. The highest BCUT2D eigenvalue weighted by atomic mass is 16.4. The van der Waals surface area contributed by atoms with Crippen molar-refractivity contribution in [1.82, 2.24) is 0 Å². The zero-order valence-corrected chi connectivity index (χ0v) is 11.1. The Morgan fingerprint density at radius 2 is 1.58 bits per heavy atom. The van der Waals surface area contributed by atoms with Crippen LogP contribution in [-0.4, -0.2) is 5.11 Å². The number of aliphatic hydroxyl groups excluding tert-OH is 1. The monoisotopic (exact) mass is 252 g/mol. The highest BCUT2D eigenvalue weighted by Crippen LogP contribution is 2.28. The average molecular weight is 252 g/mol. The van der Waals surface area contributed by atoms with Crippen LogP contribution in [0.3, 0.4) is 0 Å². The molecule has 0 amide bonds. The predicted molar refractivity (Wildman–Crippen MR) is 76.2 cm³/mol. The van der Waals surface area contributed by atoms with Crippen LogP contribution in [0.4, 0.5) is 0 Å². The van der Waals surface area contributed by atoms with Gasteiger partial charge in [0.2, 0.25) is 0 Å². The van der Waals surface area contributed by atoms with Crippen molar-refractivity contribution < 1.29 is 9.52 Å². The van der Waals surface area contributed by atoms with E-state index >= 15 is 0 Å². The van der Waals surface area contributed by atoms with Crippen LogP contribution in [0.25, 0.3) is 11.0 Å². The Bertz CT molecular complexity index is 708. The van der Waals surface area contributed by atoms with E-state index in [0.717, 1.165) is 16.5 Å². The minimum Gasteiger partial charge on any atom is -0.458 e. The first kappa shape index (κ1) is 12.0. The lowest BCUT2D eigenvalue weighted by Crippen LogP contribution is -1.97. The molecule has 0 aliphatic carbocycles. The summed E-state index contributed by atoms with van der Waals surface area (Å²) in [5.41, 5.74) is 4.02. The van der Waals surface area contributed by atoms with Gasteiger partial charge in [-0.1, -0.05) is 41.5 Å². The fourth-order valence-electron chi connectivity index (χ4n) is 2.23. The molecule has 1 heterocycles. The second-order valence-electron chi connectivity index (χ2n) is 5.00. The summed E-state index contributed by atoms with van der Waals surface area (Å²) in [6, 6.07) is 15.8. The smallest absolute Gasteiger partial charge is 0.138 e. The molecule has 19 heavy (non-hydrogen) atoms. The van der Waals surface area contributed by atoms with Gasteiger partial charge in [0.25, 0.3) is 0 Å². The van der Waals surface area contributed by atoms with Gasteiger partial charge in [0.05, 0.1) is 0 Å². The minimum atomic E-state index is -0.715. The molecule has 2 heteroatoms. The molecule has 1 N–H and O–H groups in total. The number of hydrogen-bond acceptors (Lipinski definition) is 2. The topological polar surface area (TPSA) is 33.4 Å². The zero-order valence-electron chi connectivity index (χ0n) is 11.1. The van der Waals surface area contributed by atoms with Gasteiger partial charge < -0.3 is 9.52 Å². The first-order valence-corrected chi connectivity index (χ1v) is 6.38. The molecule has 3 rings (SSSR count). The quantitative estimate of drug-likeness (QED) is 0.744. The second-order valence-corrected chi connectivity index (χ2v) is 5.00. The number of aliphatic hydroxyl groups is 1. The van der Waals surface area contributed by atoms with Crippen LogP contribution >= 0.6 is 0 Å².